The highest BCUT2D eigenvalue weighted by molar-refractivity contribution is 5.90. The van der Waals surface area contributed by atoms with E-state index < -0.39 is 60.6 Å². The van der Waals surface area contributed by atoms with Crippen molar-refractivity contribution in [1.82, 2.24) is 0 Å². The highest BCUT2D eigenvalue weighted by Crippen LogP contribution is 2.35. The SMILES string of the molecule is COC(=O)c1ccc(-c2ccccc2O[C@H]2O[C@H](COC(C)=O)[C@@H](OC(C)=O)[C@H](OC(C)=O)[C@@H]2OC(C)=O)cc1. The van der Waals surface area contributed by atoms with Crippen LogP contribution in [0.1, 0.15) is 38.1 Å². The Morgan fingerprint density at radius 3 is 1.88 bits per heavy atom. The molecule has 0 spiro atoms. The number of esters is 5. The lowest BCUT2D eigenvalue weighted by molar-refractivity contribution is -0.288. The third-order valence-corrected chi connectivity index (χ3v) is 5.70. The summed E-state index contributed by atoms with van der Waals surface area (Å²) in [6.45, 7) is 4.22. The van der Waals surface area contributed by atoms with Crippen LogP contribution in [-0.2, 0) is 47.6 Å². The van der Waals surface area contributed by atoms with E-state index in [4.69, 9.17) is 33.2 Å². The summed E-state index contributed by atoms with van der Waals surface area (Å²) in [6, 6.07) is 13.4. The molecular weight excluding hydrogens is 528 g/mol. The third kappa shape index (κ3) is 7.79. The van der Waals surface area contributed by atoms with Crippen molar-refractivity contribution in [1.29, 1.82) is 0 Å². The minimum Gasteiger partial charge on any atom is -0.465 e. The number of methoxy groups -OCH3 is 1. The van der Waals surface area contributed by atoms with Gasteiger partial charge in [-0.2, -0.15) is 0 Å². The smallest absolute Gasteiger partial charge is 0.337 e. The Balaban J connectivity index is 2.03. The molecular formula is C28H30O12. The molecule has 0 aliphatic carbocycles. The van der Waals surface area contributed by atoms with Gasteiger partial charge in [0.15, 0.2) is 12.2 Å². The summed E-state index contributed by atoms with van der Waals surface area (Å²) in [4.78, 5) is 59.4. The highest BCUT2D eigenvalue weighted by atomic mass is 16.7. The van der Waals surface area contributed by atoms with Gasteiger partial charge in [0.2, 0.25) is 12.4 Å². The number of ether oxygens (including phenoxy) is 7. The number of carbonyl (C=O) groups is 5. The molecule has 0 bridgehead atoms. The van der Waals surface area contributed by atoms with Gasteiger partial charge in [0.25, 0.3) is 0 Å². The molecule has 0 N–H and O–H groups in total. The van der Waals surface area contributed by atoms with Crippen LogP contribution in [-0.4, -0.2) is 74.3 Å². The zero-order valence-electron chi connectivity index (χ0n) is 22.6. The van der Waals surface area contributed by atoms with E-state index in [1.165, 1.54) is 14.0 Å². The molecule has 1 saturated heterocycles. The fourth-order valence-corrected chi connectivity index (χ4v) is 4.12. The zero-order chi connectivity index (χ0) is 29.4. The number of benzene rings is 2. The van der Waals surface area contributed by atoms with Gasteiger partial charge in [-0.15, -0.1) is 0 Å². The molecule has 2 aromatic rings. The lowest BCUT2D eigenvalue weighted by Gasteiger charge is -2.44. The second-order valence-corrected chi connectivity index (χ2v) is 8.75. The summed E-state index contributed by atoms with van der Waals surface area (Å²) in [5.74, 6) is -3.07. The molecule has 1 aliphatic heterocycles. The lowest BCUT2D eigenvalue weighted by Crippen LogP contribution is -2.63. The van der Waals surface area contributed by atoms with E-state index in [0.717, 1.165) is 20.8 Å². The van der Waals surface area contributed by atoms with Crippen molar-refractivity contribution in [2.24, 2.45) is 0 Å². The summed E-state index contributed by atoms with van der Waals surface area (Å²) in [5, 5.41) is 0. The monoisotopic (exact) mass is 558 g/mol. The molecule has 40 heavy (non-hydrogen) atoms. The molecule has 0 unspecified atom stereocenters. The summed E-state index contributed by atoms with van der Waals surface area (Å²) in [6.07, 6.45) is -6.59. The number of hydrogen-bond donors (Lipinski definition) is 0. The average molecular weight is 559 g/mol. The van der Waals surface area contributed by atoms with E-state index in [1.54, 1.807) is 48.5 Å². The van der Waals surface area contributed by atoms with Gasteiger partial charge in [-0.3, -0.25) is 19.2 Å². The van der Waals surface area contributed by atoms with Crippen molar-refractivity contribution in [2.45, 2.75) is 58.4 Å². The zero-order valence-corrected chi connectivity index (χ0v) is 22.6. The first-order valence-corrected chi connectivity index (χ1v) is 12.2. The van der Waals surface area contributed by atoms with Crippen LogP contribution in [0.5, 0.6) is 5.75 Å². The van der Waals surface area contributed by atoms with Crippen molar-refractivity contribution in [2.75, 3.05) is 13.7 Å². The van der Waals surface area contributed by atoms with Crippen molar-refractivity contribution in [3.8, 4) is 16.9 Å². The molecule has 0 radical (unpaired) electrons. The van der Waals surface area contributed by atoms with E-state index in [0.29, 0.717) is 16.7 Å². The predicted octanol–water partition coefficient (Wildman–Crippen LogP) is 2.60. The van der Waals surface area contributed by atoms with Crippen LogP contribution in [0.3, 0.4) is 0 Å². The van der Waals surface area contributed by atoms with Crippen LogP contribution in [0.4, 0.5) is 0 Å². The van der Waals surface area contributed by atoms with E-state index in [9.17, 15) is 24.0 Å². The van der Waals surface area contributed by atoms with Gasteiger partial charge < -0.3 is 33.2 Å². The van der Waals surface area contributed by atoms with Crippen LogP contribution >= 0.6 is 0 Å². The minimum absolute atomic E-state index is 0.286. The summed E-state index contributed by atoms with van der Waals surface area (Å²) < 4.78 is 38.3. The highest BCUT2D eigenvalue weighted by Gasteiger charge is 2.53. The third-order valence-electron chi connectivity index (χ3n) is 5.70. The first kappa shape index (κ1) is 30.1. The summed E-state index contributed by atoms with van der Waals surface area (Å²) in [7, 11) is 1.28. The number of carbonyl (C=O) groups excluding carboxylic acids is 5. The van der Waals surface area contributed by atoms with Gasteiger partial charge in [-0.25, -0.2) is 4.79 Å². The Hall–Kier alpha value is -4.45. The second-order valence-electron chi connectivity index (χ2n) is 8.75. The van der Waals surface area contributed by atoms with Gasteiger partial charge >= 0.3 is 29.8 Å². The minimum atomic E-state index is -1.39. The maximum atomic E-state index is 12.1. The van der Waals surface area contributed by atoms with E-state index in [1.807, 2.05) is 0 Å². The van der Waals surface area contributed by atoms with Crippen LogP contribution < -0.4 is 4.74 Å². The molecule has 0 aromatic heterocycles. The predicted molar refractivity (Wildman–Crippen MR) is 136 cm³/mol. The van der Waals surface area contributed by atoms with Gasteiger partial charge in [0.05, 0.1) is 12.7 Å². The molecule has 12 heteroatoms. The van der Waals surface area contributed by atoms with Gasteiger partial charge in [-0.1, -0.05) is 30.3 Å². The average Bonchev–Trinajstić information content (AvgIpc) is 2.90. The Labute approximate surface area is 230 Å². The topological polar surface area (TPSA) is 150 Å². The molecule has 12 nitrogen and oxygen atoms in total. The van der Waals surface area contributed by atoms with Crippen LogP contribution in [0.25, 0.3) is 11.1 Å². The second kappa shape index (κ2) is 13.6. The summed E-state index contributed by atoms with van der Waals surface area (Å²) in [5.41, 5.74) is 1.62. The quantitative estimate of drug-likeness (QED) is 0.329. The molecule has 214 valence electrons. The number of hydrogen-bond acceptors (Lipinski definition) is 12. The standard InChI is InChI=1S/C28H30O12/c1-15(29)35-14-23-24(36-16(2)30)25(37-17(3)31)26(38-18(4)32)28(40-23)39-22-9-7-6-8-21(22)19-10-12-20(13-11-19)27(33)34-5/h6-13,23-26,28H,14H2,1-5H3/t23-,24-,25+,26+,28+/m1/s1. The first-order chi connectivity index (χ1) is 19.0. The van der Waals surface area contributed by atoms with E-state index >= 15 is 0 Å². The summed E-state index contributed by atoms with van der Waals surface area (Å²) >= 11 is 0. The molecule has 2 aromatic carbocycles. The Morgan fingerprint density at radius 2 is 1.30 bits per heavy atom. The number of para-hydroxylation sites is 1. The van der Waals surface area contributed by atoms with Gasteiger partial charge in [0, 0.05) is 33.3 Å². The molecule has 0 amide bonds. The van der Waals surface area contributed by atoms with Crippen LogP contribution in [0.2, 0.25) is 0 Å². The maximum absolute atomic E-state index is 12.1. The Morgan fingerprint density at radius 1 is 0.725 bits per heavy atom. The Bertz CT molecular complexity index is 1240. The van der Waals surface area contributed by atoms with Crippen molar-refractivity contribution in [3.63, 3.8) is 0 Å². The Kier molecular flexibility index (Phi) is 10.2. The largest absolute Gasteiger partial charge is 0.465 e. The normalized spacial score (nSPS) is 21.9. The van der Waals surface area contributed by atoms with Gasteiger partial charge in [-0.05, 0) is 23.8 Å². The molecule has 5 atom stereocenters. The maximum Gasteiger partial charge on any atom is 0.337 e. The first-order valence-electron chi connectivity index (χ1n) is 12.2. The van der Waals surface area contributed by atoms with Crippen molar-refractivity contribution >= 4 is 29.8 Å². The molecule has 1 heterocycles. The van der Waals surface area contributed by atoms with E-state index in [2.05, 4.69) is 0 Å². The molecule has 3 rings (SSSR count). The molecule has 1 aliphatic rings. The van der Waals surface area contributed by atoms with Gasteiger partial charge in [0.1, 0.15) is 18.5 Å². The van der Waals surface area contributed by atoms with Crippen molar-refractivity contribution < 1.29 is 57.1 Å². The van der Waals surface area contributed by atoms with E-state index in [-0.39, 0.29) is 12.4 Å². The molecule has 1 fully saturated rings. The van der Waals surface area contributed by atoms with Crippen LogP contribution in [0.15, 0.2) is 48.5 Å². The fraction of sp³-hybridized carbons (Fsp3) is 0.393. The lowest BCUT2D eigenvalue weighted by atomic mass is 9.97. The van der Waals surface area contributed by atoms with Crippen LogP contribution in [0, 0.1) is 0 Å². The van der Waals surface area contributed by atoms with Crippen molar-refractivity contribution in [3.05, 3.63) is 54.1 Å². The molecule has 0 saturated carbocycles. The number of rotatable bonds is 9. The fourth-order valence-electron chi connectivity index (χ4n) is 4.12.